The van der Waals surface area contributed by atoms with Gasteiger partial charge in [-0.3, -0.25) is 19.6 Å². The molecule has 0 fully saturated rings. The summed E-state index contributed by atoms with van der Waals surface area (Å²) in [5.41, 5.74) is 2.85. The van der Waals surface area contributed by atoms with Crippen LogP contribution in [0.2, 0.25) is 0 Å². The molecule has 0 saturated carbocycles. The molecule has 166 valence electrons. The summed E-state index contributed by atoms with van der Waals surface area (Å²) in [4.78, 5) is 31.7. The van der Waals surface area contributed by atoms with E-state index in [-0.39, 0.29) is 11.7 Å². The smallest absolute Gasteiger partial charge is 0.291 e. The van der Waals surface area contributed by atoms with Crippen LogP contribution in [0.3, 0.4) is 0 Å². The lowest BCUT2D eigenvalue weighted by Crippen LogP contribution is -2.47. The summed E-state index contributed by atoms with van der Waals surface area (Å²) in [7, 11) is 1.69. The summed E-state index contributed by atoms with van der Waals surface area (Å²) in [5, 5.41) is 14.3. The summed E-state index contributed by atoms with van der Waals surface area (Å²) in [6, 6.07) is 20.8. The number of nitrogens with zero attached hydrogens (tertiary/aromatic N) is 5. The van der Waals surface area contributed by atoms with Gasteiger partial charge in [0.25, 0.3) is 11.8 Å². The monoisotopic (exact) mass is 441 g/mol. The first-order chi connectivity index (χ1) is 16.1. The quantitative estimate of drug-likeness (QED) is 0.494. The van der Waals surface area contributed by atoms with Gasteiger partial charge in [0.05, 0.1) is 5.69 Å². The number of anilines is 1. The van der Waals surface area contributed by atoms with Crippen molar-refractivity contribution in [1.82, 2.24) is 30.3 Å². The van der Waals surface area contributed by atoms with Crippen LogP contribution in [0.1, 0.15) is 28.4 Å². The Morgan fingerprint density at radius 2 is 1.85 bits per heavy atom. The number of hydrogen-bond acceptors (Lipinski definition) is 5. The van der Waals surface area contributed by atoms with Crippen molar-refractivity contribution < 1.29 is 9.59 Å². The molecule has 9 heteroatoms. The molecule has 0 spiro atoms. The van der Waals surface area contributed by atoms with E-state index in [1.54, 1.807) is 11.7 Å². The van der Waals surface area contributed by atoms with Crippen LogP contribution in [-0.4, -0.2) is 49.9 Å². The highest BCUT2D eigenvalue weighted by atomic mass is 16.2. The van der Waals surface area contributed by atoms with Crippen LogP contribution in [0, 0.1) is 0 Å². The largest absolute Gasteiger partial charge is 0.337 e. The summed E-state index contributed by atoms with van der Waals surface area (Å²) in [6.45, 7) is 0.496. The molecule has 1 aliphatic rings. The van der Waals surface area contributed by atoms with Crippen LogP contribution in [-0.2, 0) is 17.8 Å². The molecular weight excluding hydrogens is 418 g/mol. The normalized spacial score (nSPS) is 15.7. The number of aromatic amines is 1. The fraction of sp³-hybridized carbons (Fsp3) is 0.208. The lowest BCUT2D eigenvalue weighted by Gasteiger charge is -2.19. The van der Waals surface area contributed by atoms with Crippen molar-refractivity contribution >= 4 is 17.6 Å². The summed E-state index contributed by atoms with van der Waals surface area (Å²) in [5.74, 6) is 0.607. The van der Waals surface area contributed by atoms with E-state index in [9.17, 15) is 9.59 Å². The van der Waals surface area contributed by atoms with Crippen LogP contribution >= 0.6 is 0 Å². The molecule has 0 radical (unpaired) electrons. The lowest BCUT2D eigenvalue weighted by molar-refractivity contribution is -0.120. The highest BCUT2D eigenvalue weighted by Crippen LogP contribution is 2.26. The van der Waals surface area contributed by atoms with Crippen molar-refractivity contribution in [3.05, 3.63) is 83.9 Å². The Morgan fingerprint density at radius 1 is 1.12 bits per heavy atom. The van der Waals surface area contributed by atoms with E-state index in [0.717, 1.165) is 16.8 Å². The van der Waals surface area contributed by atoms with E-state index in [1.807, 2.05) is 66.7 Å². The number of aromatic nitrogens is 5. The number of rotatable bonds is 5. The van der Waals surface area contributed by atoms with Gasteiger partial charge in [0, 0.05) is 31.6 Å². The molecule has 4 aromatic rings. The number of benzene rings is 2. The number of hydrogen-bond donors (Lipinski definition) is 2. The standard InChI is InChI=1S/C24H23N7O2/c1-30-21-15-19(17-10-6-3-7-11-17)29-31(21)13-12-18(24(30)33)25-23(32)22-26-20(27-28-22)14-16-8-4-2-5-9-16/h2-11,15,18H,12-14H2,1H3,(H,25,32)(H,26,27,28). The van der Waals surface area contributed by atoms with Crippen LogP contribution in [0.25, 0.3) is 11.3 Å². The van der Waals surface area contributed by atoms with E-state index in [4.69, 9.17) is 0 Å². The first-order valence-electron chi connectivity index (χ1n) is 10.8. The fourth-order valence-corrected chi connectivity index (χ4v) is 3.93. The average molecular weight is 441 g/mol. The second-order valence-corrected chi connectivity index (χ2v) is 7.96. The van der Waals surface area contributed by atoms with Crippen molar-refractivity contribution in [1.29, 1.82) is 0 Å². The van der Waals surface area contributed by atoms with Crippen molar-refractivity contribution in [2.24, 2.45) is 0 Å². The molecule has 1 unspecified atom stereocenters. The predicted octanol–water partition coefficient (Wildman–Crippen LogP) is 2.42. The first-order valence-corrected chi connectivity index (χ1v) is 10.8. The van der Waals surface area contributed by atoms with Gasteiger partial charge in [0.15, 0.2) is 0 Å². The molecule has 3 heterocycles. The third kappa shape index (κ3) is 4.25. The minimum Gasteiger partial charge on any atom is -0.337 e. The Kier molecular flexibility index (Phi) is 5.43. The van der Waals surface area contributed by atoms with Crippen molar-refractivity contribution in [2.75, 3.05) is 11.9 Å². The van der Waals surface area contributed by atoms with Crippen molar-refractivity contribution in [3.8, 4) is 11.3 Å². The predicted molar refractivity (Wildman–Crippen MR) is 123 cm³/mol. The molecule has 1 aliphatic heterocycles. The van der Waals surface area contributed by atoms with Crippen LogP contribution < -0.4 is 10.2 Å². The topological polar surface area (TPSA) is 109 Å². The summed E-state index contributed by atoms with van der Waals surface area (Å²) in [6.07, 6.45) is 0.955. The molecule has 0 aliphatic carbocycles. The molecule has 2 aromatic heterocycles. The van der Waals surface area contributed by atoms with E-state index >= 15 is 0 Å². The van der Waals surface area contributed by atoms with Gasteiger partial charge in [0.2, 0.25) is 5.82 Å². The zero-order chi connectivity index (χ0) is 22.8. The summed E-state index contributed by atoms with van der Waals surface area (Å²) >= 11 is 0. The van der Waals surface area contributed by atoms with Gasteiger partial charge in [-0.1, -0.05) is 60.7 Å². The van der Waals surface area contributed by atoms with Gasteiger partial charge in [-0.15, -0.1) is 5.10 Å². The Labute approximate surface area is 190 Å². The van der Waals surface area contributed by atoms with Gasteiger partial charge in [-0.25, -0.2) is 9.67 Å². The Bertz CT molecular complexity index is 1280. The maximum absolute atomic E-state index is 13.1. The number of nitrogens with one attached hydrogen (secondary N) is 2. The number of H-pyrrole nitrogens is 1. The third-order valence-electron chi connectivity index (χ3n) is 5.68. The second-order valence-electron chi connectivity index (χ2n) is 7.96. The summed E-state index contributed by atoms with van der Waals surface area (Å²) < 4.78 is 1.80. The molecule has 2 amide bonds. The molecule has 0 bridgehead atoms. The van der Waals surface area contributed by atoms with Crippen LogP contribution in [0.4, 0.5) is 5.82 Å². The number of likely N-dealkylation sites (N-methyl/N-ethyl adjacent to an activating group) is 1. The van der Waals surface area contributed by atoms with Gasteiger partial charge in [0.1, 0.15) is 17.7 Å². The van der Waals surface area contributed by atoms with Crippen molar-refractivity contribution in [2.45, 2.75) is 25.4 Å². The zero-order valence-corrected chi connectivity index (χ0v) is 18.1. The highest BCUT2D eigenvalue weighted by Gasteiger charge is 2.31. The molecular formula is C24H23N7O2. The minimum absolute atomic E-state index is 0.0183. The third-order valence-corrected chi connectivity index (χ3v) is 5.68. The average Bonchev–Trinajstić information content (AvgIpc) is 3.47. The van der Waals surface area contributed by atoms with Crippen LogP contribution in [0.15, 0.2) is 66.7 Å². The molecule has 5 rings (SSSR count). The fourth-order valence-electron chi connectivity index (χ4n) is 3.93. The van der Waals surface area contributed by atoms with Gasteiger partial charge >= 0.3 is 0 Å². The number of fused-ring (bicyclic) bond motifs is 1. The highest BCUT2D eigenvalue weighted by molar-refractivity contribution is 6.01. The number of carbonyl (C=O) groups is 2. The maximum atomic E-state index is 13.1. The Balaban J connectivity index is 1.27. The molecule has 2 aromatic carbocycles. The number of amides is 2. The van der Waals surface area contributed by atoms with E-state index in [2.05, 4.69) is 25.6 Å². The van der Waals surface area contributed by atoms with Gasteiger partial charge < -0.3 is 5.32 Å². The molecule has 2 N–H and O–H groups in total. The Hall–Kier alpha value is -4.27. The second kappa shape index (κ2) is 8.70. The number of carbonyl (C=O) groups excluding carboxylic acids is 2. The Morgan fingerprint density at radius 3 is 2.61 bits per heavy atom. The lowest BCUT2D eigenvalue weighted by atomic mass is 10.1. The SMILES string of the molecule is CN1C(=O)C(NC(=O)c2n[nH]c(Cc3ccccc3)n2)CCn2nc(-c3ccccc3)cc21. The van der Waals surface area contributed by atoms with E-state index in [1.165, 1.54) is 4.90 Å². The maximum Gasteiger partial charge on any atom is 0.291 e. The zero-order valence-electron chi connectivity index (χ0n) is 18.1. The van der Waals surface area contributed by atoms with E-state index in [0.29, 0.717) is 31.0 Å². The van der Waals surface area contributed by atoms with E-state index < -0.39 is 11.9 Å². The van der Waals surface area contributed by atoms with Crippen LogP contribution in [0.5, 0.6) is 0 Å². The first kappa shape index (κ1) is 20.6. The van der Waals surface area contributed by atoms with Gasteiger partial charge in [-0.2, -0.15) is 5.10 Å². The molecule has 9 nitrogen and oxygen atoms in total. The minimum atomic E-state index is -0.694. The molecule has 1 atom stereocenters. The van der Waals surface area contributed by atoms with Crippen molar-refractivity contribution in [3.63, 3.8) is 0 Å². The molecule has 33 heavy (non-hydrogen) atoms. The molecule has 0 saturated heterocycles. The number of aryl methyl sites for hydroxylation is 1. The van der Waals surface area contributed by atoms with Gasteiger partial charge in [-0.05, 0) is 12.0 Å².